The average molecular weight is 846 g/mol. The van der Waals surface area contributed by atoms with Crippen molar-refractivity contribution in [2.75, 3.05) is 32.7 Å². The fraction of sp³-hybridized carbons (Fsp3) is 0.450. The van der Waals surface area contributed by atoms with Gasteiger partial charge in [-0.1, -0.05) is 42.5 Å². The topological polar surface area (TPSA) is 326 Å². The first-order chi connectivity index (χ1) is 29.3. The van der Waals surface area contributed by atoms with Crippen LogP contribution in [0.5, 0.6) is 0 Å². The number of hydrogen-bond donors (Lipinski definition) is 11. The lowest BCUT2D eigenvalue weighted by Gasteiger charge is -2.26. The molecule has 0 aliphatic carbocycles. The lowest BCUT2D eigenvalue weighted by Crippen LogP contribution is -2.59. The summed E-state index contributed by atoms with van der Waals surface area (Å²) in [4.78, 5) is 117. The number of aromatic amines is 1. The summed E-state index contributed by atoms with van der Waals surface area (Å²) in [5.41, 5.74) is 11.9. The van der Waals surface area contributed by atoms with Crippen LogP contribution >= 0.6 is 0 Å². The van der Waals surface area contributed by atoms with Crippen LogP contribution in [-0.2, 0) is 51.2 Å². The van der Waals surface area contributed by atoms with Gasteiger partial charge in [0.1, 0.15) is 24.2 Å². The van der Waals surface area contributed by atoms with E-state index in [1.807, 2.05) is 36.4 Å². The van der Waals surface area contributed by atoms with Crippen LogP contribution in [0.3, 0.4) is 0 Å². The number of aliphatic imine (C=N–C) groups is 1. The number of rotatable bonds is 11. The summed E-state index contributed by atoms with van der Waals surface area (Å²) in [6, 6.07) is 8.03. The van der Waals surface area contributed by atoms with E-state index in [2.05, 4.69) is 57.5 Å². The Bertz CT molecular complexity index is 2040. The molecule has 1 aliphatic heterocycles. The number of nitrogens with two attached hydrogens (primary N) is 2. The van der Waals surface area contributed by atoms with E-state index in [1.54, 1.807) is 6.07 Å². The van der Waals surface area contributed by atoms with Gasteiger partial charge in [0.2, 0.25) is 47.3 Å². The van der Waals surface area contributed by atoms with Crippen molar-refractivity contribution in [3.05, 3.63) is 66.2 Å². The number of amides is 8. The molecule has 21 nitrogen and oxygen atoms in total. The number of carbonyl (C=O) groups excluding carboxylic acids is 8. The first kappa shape index (κ1) is 46.6. The van der Waals surface area contributed by atoms with E-state index in [1.165, 1.54) is 19.4 Å². The molecule has 0 saturated carbocycles. The molecule has 21 heteroatoms. The molecule has 4 rings (SSSR count). The molecule has 1 aromatic heterocycles. The van der Waals surface area contributed by atoms with E-state index in [0.29, 0.717) is 30.5 Å². The lowest BCUT2D eigenvalue weighted by atomic mass is 10.0. The van der Waals surface area contributed by atoms with Crippen LogP contribution in [0.1, 0.15) is 56.7 Å². The van der Waals surface area contributed by atoms with Crippen molar-refractivity contribution in [1.29, 1.82) is 0 Å². The SMILES string of the molecule is CC(=O)N[C@H](CCCN=C(N)N)C(=O)N[C@H]1CCC(=O)NCCCCNC(=O)CNC(=O)CNC(=O)[C@@H](Cc2ccc3ccccc3c2)NC(=O)[C@H](Cc2cnc[nH]2)NC1=O. The first-order valence-electron chi connectivity index (χ1n) is 20.0. The van der Waals surface area contributed by atoms with Gasteiger partial charge in [0.05, 0.1) is 19.4 Å². The Balaban J connectivity index is 1.64. The Morgan fingerprint density at radius 2 is 1.49 bits per heavy atom. The summed E-state index contributed by atoms with van der Waals surface area (Å²) in [5.74, 6) is -5.25. The molecule has 61 heavy (non-hydrogen) atoms. The molecule has 0 unspecified atom stereocenters. The predicted molar refractivity (Wildman–Crippen MR) is 224 cm³/mol. The molecule has 0 radical (unpaired) electrons. The fourth-order valence-electron chi connectivity index (χ4n) is 6.40. The summed E-state index contributed by atoms with van der Waals surface area (Å²) in [5, 5.41) is 22.9. The van der Waals surface area contributed by atoms with Gasteiger partial charge >= 0.3 is 0 Å². The van der Waals surface area contributed by atoms with Crippen molar-refractivity contribution in [3.63, 3.8) is 0 Å². The largest absolute Gasteiger partial charge is 0.370 e. The second kappa shape index (κ2) is 24.1. The number of imidazole rings is 1. The van der Waals surface area contributed by atoms with Gasteiger partial charge in [-0.3, -0.25) is 43.3 Å². The molecule has 1 aliphatic rings. The van der Waals surface area contributed by atoms with Gasteiger partial charge in [-0.2, -0.15) is 0 Å². The van der Waals surface area contributed by atoms with Crippen molar-refractivity contribution in [2.45, 2.75) is 82.5 Å². The maximum Gasteiger partial charge on any atom is 0.243 e. The lowest BCUT2D eigenvalue weighted by molar-refractivity contribution is -0.135. The third kappa shape index (κ3) is 16.6. The summed E-state index contributed by atoms with van der Waals surface area (Å²) in [6.45, 7) is 1.08. The second-order valence-corrected chi connectivity index (χ2v) is 14.5. The molecule has 2 aromatic carbocycles. The van der Waals surface area contributed by atoms with Crippen molar-refractivity contribution in [2.24, 2.45) is 16.5 Å². The molecular formula is C40H55N13O8. The first-order valence-corrected chi connectivity index (χ1v) is 20.0. The van der Waals surface area contributed by atoms with Crippen LogP contribution in [0.2, 0.25) is 0 Å². The minimum absolute atomic E-state index is 0.0152. The van der Waals surface area contributed by atoms with Crippen LogP contribution in [0.25, 0.3) is 10.8 Å². The average Bonchev–Trinajstić information content (AvgIpc) is 3.75. The monoisotopic (exact) mass is 845 g/mol. The molecular weight excluding hydrogens is 791 g/mol. The zero-order chi connectivity index (χ0) is 44.1. The molecule has 3 aromatic rings. The van der Waals surface area contributed by atoms with Gasteiger partial charge < -0.3 is 59.0 Å². The van der Waals surface area contributed by atoms with E-state index < -0.39 is 78.0 Å². The van der Waals surface area contributed by atoms with E-state index in [-0.39, 0.29) is 64.2 Å². The van der Waals surface area contributed by atoms with E-state index in [4.69, 9.17) is 11.5 Å². The minimum atomic E-state index is -1.38. The zero-order valence-corrected chi connectivity index (χ0v) is 34.0. The number of aromatic nitrogens is 2. The van der Waals surface area contributed by atoms with Crippen molar-refractivity contribution >= 4 is 64.0 Å². The Morgan fingerprint density at radius 1 is 0.820 bits per heavy atom. The van der Waals surface area contributed by atoms with Crippen LogP contribution in [0, 0.1) is 0 Å². The molecule has 328 valence electrons. The summed E-state index contributed by atoms with van der Waals surface area (Å²) in [6.07, 6.45) is 3.67. The van der Waals surface area contributed by atoms with Crippen LogP contribution in [0.4, 0.5) is 0 Å². The van der Waals surface area contributed by atoms with E-state index in [0.717, 1.165) is 10.8 Å². The van der Waals surface area contributed by atoms with Gasteiger partial charge in [-0.15, -0.1) is 0 Å². The number of nitrogens with one attached hydrogen (secondary N) is 9. The number of hydrogen-bond acceptors (Lipinski definition) is 10. The molecule has 2 heterocycles. The highest BCUT2D eigenvalue weighted by atomic mass is 16.2. The molecule has 1 saturated heterocycles. The van der Waals surface area contributed by atoms with Gasteiger partial charge in [0, 0.05) is 57.7 Å². The number of carbonyl (C=O) groups is 8. The van der Waals surface area contributed by atoms with E-state index in [9.17, 15) is 38.4 Å². The standard InChI is InChI=1S/C40H55N13O8/c1-24(54)50-29(9-6-16-46-40(41)42)37(59)51-30-12-13-33(55)44-14-4-5-15-45-34(56)21-47-35(57)22-48-36(58)31(18-25-10-11-26-7-2-3-8-27(26)17-25)52-39(61)32(53-38(30)60)19-28-20-43-23-49-28/h2-3,7-8,10-11,17,20,23,29-32H,4-6,9,12-16,18-19,21-22H2,1H3,(H,43,49)(H,44,55)(H,45,56)(H,47,57)(H,48,58)(H,50,54)(H,51,59)(H,52,61)(H,53,60)(H4,41,42,46)/t29-,30+,31-,32+/m1/s1. The maximum absolute atomic E-state index is 14.2. The summed E-state index contributed by atoms with van der Waals surface area (Å²) >= 11 is 0. The molecule has 8 amide bonds. The van der Waals surface area contributed by atoms with Crippen LogP contribution in [-0.4, -0.2) is 120 Å². The third-order valence-corrected chi connectivity index (χ3v) is 9.55. The Hall–Kier alpha value is -7.06. The zero-order valence-electron chi connectivity index (χ0n) is 34.0. The number of fused-ring (bicyclic) bond motifs is 1. The van der Waals surface area contributed by atoms with Crippen LogP contribution < -0.4 is 54.0 Å². The number of nitrogens with zero attached hydrogens (tertiary/aromatic N) is 2. The number of H-pyrrole nitrogens is 1. The fourth-order valence-corrected chi connectivity index (χ4v) is 6.40. The second-order valence-electron chi connectivity index (χ2n) is 14.5. The molecule has 0 spiro atoms. The van der Waals surface area contributed by atoms with Crippen molar-refractivity contribution in [1.82, 2.24) is 52.5 Å². The van der Waals surface area contributed by atoms with Crippen molar-refractivity contribution in [3.8, 4) is 0 Å². The predicted octanol–water partition coefficient (Wildman–Crippen LogP) is -2.60. The quantitative estimate of drug-likeness (QED) is 0.0540. The van der Waals surface area contributed by atoms with E-state index >= 15 is 0 Å². The number of benzene rings is 2. The highest BCUT2D eigenvalue weighted by Gasteiger charge is 2.32. The summed E-state index contributed by atoms with van der Waals surface area (Å²) < 4.78 is 0. The molecule has 1 fully saturated rings. The maximum atomic E-state index is 14.2. The molecule has 0 bridgehead atoms. The van der Waals surface area contributed by atoms with Gasteiger partial charge in [0.15, 0.2) is 5.96 Å². The minimum Gasteiger partial charge on any atom is -0.370 e. The van der Waals surface area contributed by atoms with Gasteiger partial charge in [-0.05, 0) is 48.4 Å². The Morgan fingerprint density at radius 3 is 2.20 bits per heavy atom. The van der Waals surface area contributed by atoms with Crippen molar-refractivity contribution < 1.29 is 38.4 Å². The summed E-state index contributed by atoms with van der Waals surface area (Å²) in [7, 11) is 0. The third-order valence-electron chi connectivity index (χ3n) is 9.55. The van der Waals surface area contributed by atoms with Gasteiger partial charge in [0.25, 0.3) is 0 Å². The normalized spacial score (nSPS) is 19.7. The van der Waals surface area contributed by atoms with Gasteiger partial charge in [-0.25, -0.2) is 4.98 Å². The Kier molecular flexibility index (Phi) is 18.4. The van der Waals surface area contributed by atoms with Crippen LogP contribution in [0.15, 0.2) is 60.0 Å². The smallest absolute Gasteiger partial charge is 0.243 e. The molecule has 13 N–H and O–H groups in total. The Labute approximate surface area is 352 Å². The number of guanidine groups is 1. The molecule has 4 atom stereocenters. The highest BCUT2D eigenvalue weighted by molar-refractivity contribution is 5.97. The highest BCUT2D eigenvalue weighted by Crippen LogP contribution is 2.17.